The van der Waals surface area contributed by atoms with Crippen LogP contribution in [-0.4, -0.2) is 40.6 Å². The summed E-state index contributed by atoms with van der Waals surface area (Å²) in [7, 11) is 0. The van der Waals surface area contributed by atoms with Crippen molar-refractivity contribution in [3.05, 3.63) is 36.2 Å². The molecule has 122 valence electrons. The van der Waals surface area contributed by atoms with E-state index in [-0.39, 0.29) is 5.91 Å². The molecule has 1 aromatic carbocycles. The minimum Gasteiger partial charge on any atom is -0.492 e. The first kappa shape index (κ1) is 15.5. The molecule has 0 unspecified atom stereocenters. The Balaban J connectivity index is 1.70. The number of ether oxygens (including phenoxy) is 1. The van der Waals surface area contributed by atoms with E-state index in [4.69, 9.17) is 4.74 Å². The summed E-state index contributed by atoms with van der Waals surface area (Å²) in [5, 5.41) is 14.3. The molecular weight excluding hydrogens is 294 g/mol. The van der Waals surface area contributed by atoms with E-state index < -0.39 is 0 Å². The number of para-hydroxylation sites is 2. The molecule has 0 saturated carbocycles. The van der Waals surface area contributed by atoms with E-state index in [0.717, 1.165) is 25.9 Å². The molecule has 1 aliphatic heterocycles. The molecule has 1 saturated heterocycles. The van der Waals surface area contributed by atoms with Gasteiger partial charge in [-0.2, -0.15) is 0 Å². The van der Waals surface area contributed by atoms with Crippen LogP contribution in [0.4, 0.5) is 5.69 Å². The van der Waals surface area contributed by atoms with Crippen molar-refractivity contribution in [2.45, 2.75) is 25.8 Å². The third-order valence-electron chi connectivity index (χ3n) is 3.86. The van der Waals surface area contributed by atoms with Gasteiger partial charge in [0.25, 0.3) is 5.91 Å². The lowest BCUT2D eigenvalue weighted by Gasteiger charge is -2.22. The third kappa shape index (κ3) is 3.68. The van der Waals surface area contributed by atoms with Crippen LogP contribution in [0.15, 0.2) is 30.5 Å². The number of hydrogen-bond acceptors (Lipinski definition) is 5. The highest BCUT2D eigenvalue weighted by molar-refractivity contribution is 6.03. The number of carbonyl (C=O) groups excluding carboxylic acids is 1. The van der Waals surface area contributed by atoms with Gasteiger partial charge in [-0.3, -0.25) is 4.79 Å². The predicted octanol–water partition coefficient (Wildman–Crippen LogP) is 1.85. The van der Waals surface area contributed by atoms with Crippen LogP contribution in [0.1, 0.15) is 36.3 Å². The van der Waals surface area contributed by atoms with Crippen molar-refractivity contribution in [3.8, 4) is 5.75 Å². The Labute approximate surface area is 135 Å². The molecule has 0 aliphatic carbocycles. The average molecular weight is 315 g/mol. The summed E-state index contributed by atoms with van der Waals surface area (Å²) in [6.45, 7) is 4.38. The average Bonchev–Trinajstić information content (AvgIpc) is 3.08. The van der Waals surface area contributed by atoms with Crippen molar-refractivity contribution < 1.29 is 9.53 Å². The number of anilines is 1. The van der Waals surface area contributed by atoms with Crippen molar-refractivity contribution in [2.24, 2.45) is 0 Å². The maximum Gasteiger partial charge on any atom is 0.277 e. The van der Waals surface area contributed by atoms with Crippen LogP contribution in [0.3, 0.4) is 0 Å². The van der Waals surface area contributed by atoms with E-state index in [0.29, 0.717) is 29.8 Å². The molecule has 23 heavy (non-hydrogen) atoms. The number of rotatable bonds is 5. The predicted molar refractivity (Wildman–Crippen MR) is 86.7 cm³/mol. The van der Waals surface area contributed by atoms with Gasteiger partial charge in [0.05, 0.1) is 24.5 Å². The lowest BCUT2D eigenvalue weighted by molar-refractivity contribution is 0.102. The lowest BCUT2D eigenvalue weighted by Crippen LogP contribution is -2.29. The van der Waals surface area contributed by atoms with Crippen molar-refractivity contribution in [1.82, 2.24) is 20.3 Å². The number of aromatic nitrogens is 3. The SMILES string of the molecule is CCOc1ccccc1NC(=O)c1cn(C2CCNCC2)nn1. The second kappa shape index (κ2) is 7.23. The Hall–Kier alpha value is -2.41. The molecule has 0 radical (unpaired) electrons. The molecule has 3 rings (SSSR count). The number of hydrogen-bond donors (Lipinski definition) is 2. The van der Waals surface area contributed by atoms with Crippen LogP contribution in [0, 0.1) is 0 Å². The van der Waals surface area contributed by atoms with Crippen molar-refractivity contribution in [3.63, 3.8) is 0 Å². The van der Waals surface area contributed by atoms with Crippen LogP contribution in [0.5, 0.6) is 5.75 Å². The molecule has 1 aliphatic rings. The van der Waals surface area contributed by atoms with E-state index in [9.17, 15) is 4.79 Å². The normalized spacial score (nSPS) is 15.3. The van der Waals surface area contributed by atoms with E-state index in [1.807, 2.05) is 25.1 Å². The van der Waals surface area contributed by atoms with Crippen LogP contribution >= 0.6 is 0 Å². The Bertz CT molecular complexity index is 664. The van der Waals surface area contributed by atoms with Gasteiger partial charge in [0.2, 0.25) is 0 Å². The van der Waals surface area contributed by atoms with E-state index >= 15 is 0 Å². The standard InChI is InChI=1S/C16H21N5O2/c1-2-23-15-6-4-3-5-13(15)18-16(22)14-11-21(20-19-14)12-7-9-17-10-8-12/h3-6,11-12,17H,2,7-10H2,1H3,(H,18,22). The van der Waals surface area contributed by atoms with Gasteiger partial charge in [0.15, 0.2) is 5.69 Å². The Kier molecular flexibility index (Phi) is 4.87. The van der Waals surface area contributed by atoms with Crippen molar-refractivity contribution in [2.75, 3.05) is 25.0 Å². The third-order valence-corrected chi connectivity index (χ3v) is 3.86. The minimum atomic E-state index is -0.280. The van der Waals surface area contributed by atoms with E-state index in [1.165, 1.54) is 0 Å². The summed E-state index contributed by atoms with van der Waals surface area (Å²) in [4.78, 5) is 12.4. The van der Waals surface area contributed by atoms with Crippen molar-refractivity contribution in [1.29, 1.82) is 0 Å². The smallest absolute Gasteiger partial charge is 0.277 e. The van der Waals surface area contributed by atoms with Gasteiger partial charge in [-0.05, 0) is 45.0 Å². The van der Waals surface area contributed by atoms with Gasteiger partial charge < -0.3 is 15.4 Å². The van der Waals surface area contributed by atoms with Gasteiger partial charge in [0, 0.05) is 0 Å². The molecule has 2 heterocycles. The highest BCUT2D eigenvalue weighted by Gasteiger charge is 2.19. The molecule has 0 bridgehead atoms. The van der Waals surface area contributed by atoms with Crippen LogP contribution in [-0.2, 0) is 0 Å². The molecule has 7 heteroatoms. The number of carbonyl (C=O) groups is 1. The number of piperidine rings is 1. The zero-order valence-electron chi connectivity index (χ0n) is 13.2. The first-order valence-electron chi connectivity index (χ1n) is 7.93. The first-order valence-corrected chi connectivity index (χ1v) is 7.93. The molecule has 1 fully saturated rings. The van der Waals surface area contributed by atoms with Gasteiger partial charge in [-0.1, -0.05) is 17.3 Å². The first-order chi connectivity index (χ1) is 11.3. The monoisotopic (exact) mass is 315 g/mol. The summed E-state index contributed by atoms with van der Waals surface area (Å²) in [6, 6.07) is 7.66. The van der Waals surface area contributed by atoms with Crippen LogP contribution < -0.4 is 15.4 Å². The highest BCUT2D eigenvalue weighted by Crippen LogP contribution is 2.24. The number of amides is 1. The maximum absolute atomic E-state index is 12.4. The Morgan fingerprint density at radius 3 is 2.96 bits per heavy atom. The topological polar surface area (TPSA) is 81.1 Å². The molecule has 2 N–H and O–H groups in total. The zero-order valence-corrected chi connectivity index (χ0v) is 13.2. The fourth-order valence-electron chi connectivity index (χ4n) is 2.67. The molecule has 0 spiro atoms. The molecule has 1 aromatic heterocycles. The minimum absolute atomic E-state index is 0.280. The summed E-state index contributed by atoms with van der Waals surface area (Å²) in [5.74, 6) is 0.367. The quantitative estimate of drug-likeness (QED) is 0.880. The summed E-state index contributed by atoms with van der Waals surface area (Å²) in [5.41, 5.74) is 0.950. The molecule has 0 atom stereocenters. The van der Waals surface area contributed by atoms with Gasteiger partial charge in [0.1, 0.15) is 5.75 Å². The number of nitrogens with one attached hydrogen (secondary N) is 2. The van der Waals surface area contributed by atoms with Crippen LogP contribution in [0.2, 0.25) is 0 Å². The largest absolute Gasteiger partial charge is 0.492 e. The molecular formula is C16H21N5O2. The number of nitrogens with zero attached hydrogens (tertiary/aromatic N) is 3. The number of benzene rings is 1. The molecule has 7 nitrogen and oxygen atoms in total. The second-order valence-electron chi connectivity index (χ2n) is 5.45. The molecule has 1 amide bonds. The van der Waals surface area contributed by atoms with Crippen molar-refractivity contribution >= 4 is 11.6 Å². The van der Waals surface area contributed by atoms with Gasteiger partial charge in [-0.25, -0.2) is 4.68 Å². The van der Waals surface area contributed by atoms with Gasteiger partial charge in [-0.15, -0.1) is 5.10 Å². The van der Waals surface area contributed by atoms with E-state index in [1.54, 1.807) is 16.9 Å². The molecule has 2 aromatic rings. The summed E-state index contributed by atoms with van der Waals surface area (Å²) in [6.07, 6.45) is 3.71. The summed E-state index contributed by atoms with van der Waals surface area (Å²) >= 11 is 0. The maximum atomic E-state index is 12.4. The highest BCUT2D eigenvalue weighted by atomic mass is 16.5. The van der Waals surface area contributed by atoms with Crippen LogP contribution in [0.25, 0.3) is 0 Å². The fraction of sp³-hybridized carbons (Fsp3) is 0.438. The van der Waals surface area contributed by atoms with E-state index in [2.05, 4.69) is 20.9 Å². The fourth-order valence-corrected chi connectivity index (χ4v) is 2.67. The lowest BCUT2D eigenvalue weighted by atomic mass is 10.1. The summed E-state index contributed by atoms with van der Waals surface area (Å²) < 4.78 is 7.31. The Morgan fingerprint density at radius 2 is 2.17 bits per heavy atom. The Morgan fingerprint density at radius 1 is 1.39 bits per heavy atom. The zero-order chi connectivity index (χ0) is 16.1. The second-order valence-corrected chi connectivity index (χ2v) is 5.45. The van der Waals surface area contributed by atoms with Gasteiger partial charge >= 0.3 is 0 Å².